The molecule has 0 saturated heterocycles. The molecule has 5 rings (SSSR count). The first-order valence-electron chi connectivity index (χ1n) is 11.5. The quantitative estimate of drug-likeness (QED) is 0.451. The van der Waals surface area contributed by atoms with Crippen molar-refractivity contribution < 1.29 is 4.42 Å². The molecule has 1 aromatic carbocycles. The van der Waals surface area contributed by atoms with E-state index in [0.29, 0.717) is 34.6 Å². The number of aryl methyl sites for hydroxylation is 1. The van der Waals surface area contributed by atoms with E-state index in [1.54, 1.807) is 12.4 Å². The number of rotatable bonds is 5. The smallest absolute Gasteiger partial charge is 0.268 e. The number of hydrogen-bond acceptors (Lipinski definition) is 8. The molecule has 1 aliphatic heterocycles. The zero-order chi connectivity index (χ0) is 24.4. The summed E-state index contributed by atoms with van der Waals surface area (Å²) < 4.78 is 6.00. The second-order valence-electron chi connectivity index (χ2n) is 9.03. The number of nitrogens with one attached hydrogen (secondary N) is 1. The summed E-state index contributed by atoms with van der Waals surface area (Å²) >= 11 is 0. The molecule has 0 bridgehead atoms. The molecule has 1 aliphatic rings. The maximum Gasteiger partial charge on any atom is 0.268 e. The van der Waals surface area contributed by atoms with Gasteiger partial charge in [0.2, 0.25) is 5.89 Å². The second kappa shape index (κ2) is 9.20. The molecule has 8 heteroatoms. The molecular weight excluding hydrogens is 438 g/mol. The molecular formula is C27H25N7O. The molecule has 0 radical (unpaired) electrons. The molecule has 0 aliphatic carbocycles. The van der Waals surface area contributed by atoms with Crippen LogP contribution in [0.5, 0.6) is 0 Å². The average molecular weight is 464 g/mol. The Kier molecular flexibility index (Phi) is 5.93. The zero-order valence-electron chi connectivity index (χ0n) is 19.9. The van der Waals surface area contributed by atoms with E-state index in [2.05, 4.69) is 49.8 Å². The van der Waals surface area contributed by atoms with Crippen molar-refractivity contribution in [3.63, 3.8) is 0 Å². The molecule has 3 aromatic heterocycles. The molecule has 0 atom stereocenters. The summed E-state index contributed by atoms with van der Waals surface area (Å²) in [5.41, 5.74) is 6.03. The van der Waals surface area contributed by atoms with Crippen molar-refractivity contribution in [2.45, 2.75) is 32.6 Å². The van der Waals surface area contributed by atoms with Gasteiger partial charge in [0.25, 0.3) is 5.89 Å². The average Bonchev–Trinajstić information content (AvgIpc) is 3.40. The van der Waals surface area contributed by atoms with E-state index in [1.807, 2.05) is 45.0 Å². The van der Waals surface area contributed by atoms with Crippen LogP contribution in [0.15, 0.2) is 59.3 Å². The molecule has 1 N–H and O–H groups in total. The molecule has 0 spiro atoms. The highest BCUT2D eigenvalue weighted by molar-refractivity contribution is 5.69. The first-order valence-corrected chi connectivity index (χ1v) is 11.5. The van der Waals surface area contributed by atoms with Crippen LogP contribution in [0.2, 0.25) is 0 Å². The fraction of sp³-hybridized carbons (Fsp3) is 0.259. The summed E-state index contributed by atoms with van der Waals surface area (Å²) in [6, 6.07) is 14.2. The van der Waals surface area contributed by atoms with E-state index in [0.717, 1.165) is 30.6 Å². The van der Waals surface area contributed by atoms with Crippen LogP contribution in [0.25, 0.3) is 39.9 Å². The lowest BCUT2D eigenvalue weighted by Gasteiger charge is -2.15. The predicted octanol–water partition coefficient (Wildman–Crippen LogP) is 4.74. The Balaban J connectivity index is 1.44. The van der Waals surface area contributed by atoms with E-state index in [4.69, 9.17) is 9.40 Å². The number of nitriles is 1. The Morgan fingerprint density at radius 3 is 2.51 bits per heavy atom. The minimum atomic E-state index is -0.710. The summed E-state index contributed by atoms with van der Waals surface area (Å²) in [7, 11) is 0. The minimum absolute atomic E-state index is 0.309. The Labute approximate surface area is 203 Å². The van der Waals surface area contributed by atoms with Crippen LogP contribution in [0.3, 0.4) is 0 Å². The fourth-order valence-corrected chi connectivity index (χ4v) is 3.93. The molecule has 0 amide bonds. The van der Waals surface area contributed by atoms with Gasteiger partial charge in [-0.2, -0.15) is 5.26 Å². The van der Waals surface area contributed by atoms with Gasteiger partial charge in [-0.05, 0) is 69.1 Å². The van der Waals surface area contributed by atoms with Crippen LogP contribution in [0.4, 0.5) is 0 Å². The van der Waals surface area contributed by atoms with Crippen LogP contribution in [0.1, 0.15) is 37.2 Å². The molecule has 8 nitrogen and oxygen atoms in total. The molecule has 4 aromatic rings. The van der Waals surface area contributed by atoms with Gasteiger partial charge in [-0.25, -0.2) is 4.98 Å². The van der Waals surface area contributed by atoms with Crippen LogP contribution < -0.4 is 5.32 Å². The Morgan fingerprint density at radius 2 is 1.77 bits per heavy atom. The van der Waals surface area contributed by atoms with Gasteiger partial charge in [-0.3, -0.25) is 9.97 Å². The lowest BCUT2D eigenvalue weighted by molar-refractivity contribution is 0.581. The van der Waals surface area contributed by atoms with Crippen molar-refractivity contribution in [2.75, 3.05) is 13.1 Å². The standard InChI is InChI=1S/C27H25N7O/c1-17-24(32-22(15-31-17)21-10-13-30-23(14-21)27(2,3)16-28)26-34-33-25(35-26)20-6-4-18(5-7-20)19-8-11-29-12-9-19/h4-8,10,13-15,29H,9,11-12H2,1-3H3. The van der Waals surface area contributed by atoms with Crippen LogP contribution in [0, 0.1) is 18.3 Å². The van der Waals surface area contributed by atoms with Gasteiger partial charge in [0.05, 0.1) is 34.8 Å². The molecule has 174 valence electrons. The summed E-state index contributed by atoms with van der Waals surface area (Å²) in [6.45, 7) is 7.42. The number of hydrogen-bond donors (Lipinski definition) is 1. The number of pyridine rings is 1. The lowest BCUT2D eigenvalue weighted by atomic mass is 9.90. The molecule has 0 fully saturated rings. The van der Waals surface area contributed by atoms with E-state index < -0.39 is 5.41 Å². The van der Waals surface area contributed by atoms with Crippen molar-refractivity contribution in [1.29, 1.82) is 5.26 Å². The Bertz CT molecular complexity index is 1450. The topological polar surface area (TPSA) is 113 Å². The van der Waals surface area contributed by atoms with E-state index in [-0.39, 0.29) is 0 Å². The second-order valence-corrected chi connectivity index (χ2v) is 9.03. The first kappa shape index (κ1) is 22.6. The Morgan fingerprint density at radius 1 is 1.00 bits per heavy atom. The Hall–Kier alpha value is -4.22. The maximum absolute atomic E-state index is 9.47. The largest absolute Gasteiger partial charge is 0.415 e. The zero-order valence-corrected chi connectivity index (χ0v) is 19.9. The van der Waals surface area contributed by atoms with Crippen molar-refractivity contribution in [3.05, 3.63) is 71.8 Å². The van der Waals surface area contributed by atoms with Crippen LogP contribution in [-0.4, -0.2) is 38.2 Å². The summed E-state index contributed by atoms with van der Waals surface area (Å²) in [6.07, 6.45) is 6.62. The van der Waals surface area contributed by atoms with E-state index in [9.17, 15) is 5.26 Å². The first-order chi connectivity index (χ1) is 16.9. The minimum Gasteiger partial charge on any atom is -0.415 e. The van der Waals surface area contributed by atoms with Crippen LogP contribution >= 0.6 is 0 Å². The molecule has 35 heavy (non-hydrogen) atoms. The van der Waals surface area contributed by atoms with Crippen molar-refractivity contribution in [3.8, 4) is 40.4 Å². The third kappa shape index (κ3) is 4.59. The fourth-order valence-electron chi connectivity index (χ4n) is 3.93. The highest BCUT2D eigenvalue weighted by Crippen LogP contribution is 2.29. The summed E-state index contributed by atoms with van der Waals surface area (Å²) in [5.74, 6) is 0.739. The monoisotopic (exact) mass is 463 g/mol. The van der Waals surface area contributed by atoms with Crippen molar-refractivity contribution in [2.24, 2.45) is 0 Å². The molecule has 0 unspecified atom stereocenters. The normalized spacial score (nSPS) is 13.8. The van der Waals surface area contributed by atoms with Gasteiger partial charge in [0.1, 0.15) is 5.69 Å². The van der Waals surface area contributed by atoms with Gasteiger partial charge in [-0.1, -0.05) is 18.2 Å². The maximum atomic E-state index is 9.47. The predicted molar refractivity (Wildman–Crippen MR) is 133 cm³/mol. The van der Waals surface area contributed by atoms with Gasteiger partial charge < -0.3 is 9.73 Å². The highest BCUT2D eigenvalue weighted by atomic mass is 16.4. The van der Waals surface area contributed by atoms with E-state index >= 15 is 0 Å². The highest BCUT2D eigenvalue weighted by Gasteiger charge is 2.22. The van der Waals surface area contributed by atoms with Crippen LogP contribution in [-0.2, 0) is 5.41 Å². The van der Waals surface area contributed by atoms with Gasteiger partial charge in [0, 0.05) is 23.9 Å². The van der Waals surface area contributed by atoms with Gasteiger partial charge in [0.15, 0.2) is 0 Å². The molecule has 0 saturated carbocycles. The SMILES string of the molecule is Cc1ncc(-c2ccnc(C(C)(C)C#N)c2)nc1-c1nnc(-c2ccc(C3=CCNCC3)cc2)o1. The van der Waals surface area contributed by atoms with Crippen molar-refractivity contribution >= 4 is 5.57 Å². The third-order valence-corrected chi connectivity index (χ3v) is 6.13. The third-order valence-electron chi connectivity index (χ3n) is 6.13. The summed E-state index contributed by atoms with van der Waals surface area (Å²) in [4.78, 5) is 13.6. The number of aromatic nitrogens is 5. The van der Waals surface area contributed by atoms with Gasteiger partial charge >= 0.3 is 0 Å². The lowest BCUT2D eigenvalue weighted by Crippen LogP contribution is -2.19. The number of nitrogens with zero attached hydrogens (tertiary/aromatic N) is 6. The van der Waals surface area contributed by atoms with E-state index in [1.165, 1.54) is 11.1 Å². The molecule has 4 heterocycles. The number of benzene rings is 1. The van der Waals surface area contributed by atoms with Gasteiger partial charge in [-0.15, -0.1) is 10.2 Å². The van der Waals surface area contributed by atoms with Crippen molar-refractivity contribution in [1.82, 2.24) is 30.5 Å². The summed E-state index contributed by atoms with van der Waals surface area (Å²) in [5, 5.41) is 21.3.